The van der Waals surface area contributed by atoms with E-state index in [1.165, 1.54) is 14.2 Å². The van der Waals surface area contributed by atoms with Crippen molar-refractivity contribution in [3.8, 4) is 0 Å². The summed E-state index contributed by atoms with van der Waals surface area (Å²) >= 11 is 12.5. The van der Waals surface area contributed by atoms with Gasteiger partial charge in [-0.1, -0.05) is 35.3 Å². The molecule has 0 unspecified atom stereocenters. The van der Waals surface area contributed by atoms with Crippen molar-refractivity contribution in [2.45, 2.75) is 24.0 Å². The molecule has 2 aliphatic rings. The Balaban J connectivity index is 1.95. The molecule has 1 aromatic rings. The minimum absolute atomic E-state index is 0.383. The summed E-state index contributed by atoms with van der Waals surface area (Å²) in [4.78, 5) is 12.4. The zero-order chi connectivity index (χ0) is 15.9. The lowest BCUT2D eigenvalue weighted by molar-refractivity contribution is -0.153. The van der Waals surface area contributed by atoms with Crippen molar-refractivity contribution in [1.82, 2.24) is 5.32 Å². The highest BCUT2D eigenvalue weighted by molar-refractivity contribution is 6.36. The summed E-state index contributed by atoms with van der Waals surface area (Å²) in [6.45, 7) is 0. The van der Waals surface area contributed by atoms with Crippen LogP contribution >= 0.6 is 23.2 Å². The number of nitrogens with one attached hydrogen (secondary N) is 1. The molecule has 0 bridgehead atoms. The molecule has 1 aromatic carbocycles. The van der Waals surface area contributed by atoms with Crippen LogP contribution in [0.3, 0.4) is 0 Å². The van der Waals surface area contributed by atoms with Crippen LogP contribution in [0.25, 0.3) is 0 Å². The number of benzene rings is 1. The molecule has 1 saturated heterocycles. The molecule has 0 aliphatic carbocycles. The number of carbonyl (C=O) groups is 1. The standard InChI is InChI=1S/C15H15Cl2NO4/c1-20-11-7-6-10(22-11)15(14(19)21-2)13(18-15)12-8(16)4-3-5-9(12)17/h3-7,10-11,13,18H,1-2H3/t10-,11+,13+,15+/m0/s1. The van der Waals surface area contributed by atoms with Crippen LogP contribution in [0.5, 0.6) is 0 Å². The number of hydrogen-bond donors (Lipinski definition) is 1. The Morgan fingerprint density at radius 1 is 1.27 bits per heavy atom. The molecule has 2 aliphatic heterocycles. The topological polar surface area (TPSA) is 66.7 Å². The average Bonchev–Trinajstić information content (AvgIpc) is 3.05. The quantitative estimate of drug-likeness (QED) is 0.516. The number of rotatable bonds is 4. The Labute approximate surface area is 138 Å². The Bertz CT molecular complexity index is 616. The van der Waals surface area contributed by atoms with Crippen LogP contribution in [0.1, 0.15) is 11.6 Å². The van der Waals surface area contributed by atoms with Gasteiger partial charge in [0.25, 0.3) is 0 Å². The molecular weight excluding hydrogens is 329 g/mol. The van der Waals surface area contributed by atoms with Crippen LogP contribution in [-0.2, 0) is 19.0 Å². The van der Waals surface area contributed by atoms with Gasteiger partial charge in [0.05, 0.1) is 13.2 Å². The Hall–Kier alpha value is -1.11. The maximum Gasteiger partial charge on any atom is 0.331 e. The second-order valence-electron chi connectivity index (χ2n) is 5.12. The smallest absolute Gasteiger partial charge is 0.331 e. The Kier molecular flexibility index (Phi) is 4.18. The molecule has 0 radical (unpaired) electrons. The molecule has 4 atom stereocenters. The van der Waals surface area contributed by atoms with E-state index < -0.39 is 23.9 Å². The van der Waals surface area contributed by atoms with E-state index in [4.69, 9.17) is 37.4 Å². The van der Waals surface area contributed by atoms with Crippen LogP contribution in [0.2, 0.25) is 10.0 Å². The lowest BCUT2D eigenvalue weighted by atomic mass is 9.93. The predicted octanol–water partition coefficient (Wildman–Crippen LogP) is 2.48. The van der Waals surface area contributed by atoms with E-state index in [0.717, 1.165) is 0 Å². The Morgan fingerprint density at radius 3 is 2.50 bits per heavy atom. The van der Waals surface area contributed by atoms with Crippen molar-refractivity contribution in [2.75, 3.05) is 14.2 Å². The van der Waals surface area contributed by atoms with Crippen LogP contribution in [0.4, 0.5) is 0 Å². The van der Waals surface area contributed by atoms with E-state index in [0.29, 0.717) is 15.6 Å². The highest BCUT2D eigenvalue weighted by Gasteiger charge is 2.68. The zero-order valence-corrected chi connectivity index (χ0v) is 13.5. The third-order valence-electron chi connectivity index (χ3n) is 3.97. The number of esters is 1. The first-order valence-corrected chi connectivity index (χ1v) is 7.46. The fourth-order valence-corrected chi connectivity index (χ4v) is 3.43. The van der Waals surface area contributed by atoms with Crippen LogP contribution in [0, 0.1) is 0 Å². The summed E-state index contributed by atoms with van der Waals surface area (Å²) in [5, 5.41) is 4.12. The first kappa shape index (κ1) is 15.8. The summed E-state index contributed by atoms with van der Waals surface area (Å²) < 4.78 is 15.8. The maximum absolute atomic E-state index is 12.4. The minimum atomic E-state index is -1.05. The molecule has 5 nitrogen and oxygen atoms in total. The van der Waals surface area contributed by atoms with Crippen LogP contribution in [-0.4, -0.2) is 38.1 Å². The highest BCUT2D eigenvalue weighted by Crippen LogP contribution is 2.50. The molecule has 7 heteroatoms. The fourth-order valence-electron chi connectivity index (χ4n) is 2.81. The molecule has 22 heavy (non-hydrogen) atoms. The van der Waals surface area contributed by atoms with Gasteiger partial charge in [0.15, 0.2) is 11.8 Å². The van der Waals surface area contributed by atoms with E-state index in [2.05, 4.69) is 5.32 Å². The van der Waals surface area contributed by atoms with Crippen molar-refractivity contribution >= 4 is 29.2 Å². The third-order valence-corrected chi connectivity index (χ3v) is 4.63. The first-order valence-electron chi connectivity index (χ1n) is 6.71. The van der Waals surface area contributed by atoms with E-state index in [-0.39, 0.29) is 6.04 Å². The maximum atomic E-state index is 12.4. The largest absolute Gasteiger partial charge is 0.467 e. The third kappa shape index (κ3) is 2.33. The summed E-state index contributed by atoms with van der Waals surface area (Å²) in [6, 6.07) is 4.83. The van der Waals surface area contributed by atoms with Gasteiger partial charge < -0.3 is 14.2 Å². The van der Waals surface area contributed by atoms with Gasteiger partial charge in [0, 0.05) is 22.7 Å². The van der Waals surface area contributed by atoms with Gasteiger partial charge in [0.2, 0.25) is 0 Å². The normalized spacial score (nSPS) is 33.0. The van der Waals surface area contributed by atoms with Gasteiger partial charge >= 0.3 is 5.97 Å². The highest BCUT2D eigenvalue weighted by atomic mass is 35.5. The fraction of sp³-hybridized carbons (Fsp3) is 0.400. The molecule has 1 N–H and O–H groups in total. The van der Waals surface area contributed by atoms with E-state index in [1.54, 1.807) is 30.4 Å². The molecule has 0 saturated carbocycles. The molecule has 2 heterocycles. The van der Waals surface area contributed by atoms with Gasteiger partial charge in [-0.15, -0.1) is 0 Å². The molecule has 0 aromatic heterocycles. The number of carbonyl (C=O) groups excluding carboxylic acids is 1. The summed E-state index contributed by atoms with van der Waals surface area (Å²) in [6.07, 6.45) is 2.52. The van der Waals surface area contributed by atoms with Gasteiger partial charge in [-0.25, -0.2) is 4.79 Å². The second kappa shape index (κ2) is 5.83. The van der Waals surface area contributed by atoms with Gasteiger partial charge in [-0.2, -0.15) is 0 Å². The van der Waals surface area contributed by atoms with E-state index in [9.17, 15) is 4.79 Å². The molecule has 0 spiro atoms. The lowest BCUT2D eigenvalue weighted by Crippen LogP contribution is -2.42. The van der Waals surface area contributed by atoms with Gasteiger partial charge in [0.1, 0.15) is 6.10 Å². The van der Waals surface area contributed by atoms with E-state index >= 15 is 0 Å². The minimum Gasteiger partial charge on any atom is -0.467 e. The summed E-state index contributed by atoms with van der Waals surface area (Å²) in [7, 11) is 2.87. The molecule has 3 rings (SSSR count). The zero-order valence-electron chi connectivity index (χ0n) is 12.0. The predicted molar refractivity (Wildman–Crippen MR) is 81.9 cm³/mol. The Morgan fingerprint density at radius 2 is 1.95 bits per heavy atom. The van der Waals surface area contributed by atoms with Crippen molar-refractivity contribution in [3.63, 3.8) is 0 Å². The monoisotopic (exact) mass is 343 g/mol. The molecule has 118 valence electrons. The molecule has 1 fully saturated rings. The van der Waals surface area contributed by atoms with Crippen molar-refractivity contribution in [2.24, 2.45) is 0 Å². The molecule has 0 amide bonds. The lowest BCUT2D eigenvalue weighted by Gasteiger charge is -2.21. The number of ether oxygens (including phenoxy) is 3. The van der Waals surface area contributed by atoms with Crippen molar-refractivity contribution in [1.29, 1.82) is 0 Å². The van der Waals surface area contributed by atoms with E-state index in [1.807, 2.05) is 0 Å². The summed E-state index contributed by atoms with van der Waals surface area (Å²) in [5.41, 5.74) is -0.387. The summed E-state index contributed by atoms with van der Waals surface area (Å²) in [5.74, 6) is -0.431. The van der Waals surface area contributed by atoms with Gasteiger partial charge in [-0.3, -0.25) is 5.32 Å². The van der Waals surface area contributed by atoms with Crippen LogP contribution in [0.15, 0.2) is 30.4 Å². The van der Waals surface area contributed by atoms with Crippen molar-refractivity contribution < 1.29 is 19.0 Å². The second-order valence-corrected chi connectivity index (χ2v) is 5.93. The van der Waals surface area contributed by atoms with Crippen molar-refractivity contribution in [3.05, 3.63) is 46.0 Å². The number of hydrogen-bond acceptors (Lipinski definition) is 5. The first-order chi connectivity index (χ1) is 10.5. The average molecular weight is 344 g/mol. The SMILES string of the molecule is COC(=O)[C@]1([C@@H]2C=C[C@H](OC)O2)N[C@@H]1c1c(Cl)cccc1Cl. The van der Waals surface area contributed by atoms with Crippen LogP contribution < -0.4 is 5.32 Å². The number of halogens is 2. The molecular formula is C15H15Cl2NO4. The number of methoxy groups -OCH3 is 2. The van der Waals surface area contributed by atoms with Gasteiger partial charge in [-0.05, 0) is 18.2 Å².